The zero-order valence-electron chi connectivity index (χ0n) is 16.9. The second-order valence-corrected chi connectivity index (χ2v) is 8.03. The summed E-state index contributed by atoms with van der Waals surface area (Å²) in [5.41, 5.74) is 1.72. The highest BCUT2D eigenvalue weighted by Gasteiger charge is 2.22. The molecule has 1 aliphatic carbocycles. The molecular weight excluding hydrogens is 437 g/mol. The number of aliphatic hydroxyl groups is 1. The highest BCUT2D eigenvalue weighted by atomic mass is 35.5. The average molecular weight is 458 g/mol. The van der Waals surface area contributed by atoms with Gasteiger partial charge in [0.2, 0.25) is 5.95 Å². The van der Waals surface area contributed by atoms with E-state index >= 15 is 0 Å². The fourth-order valence-electron chi connectivity index (χ4n) is 3.58. The highest BCUT2D eigenvalue weighted by molar-refractivity contribution is 6.31. The molecule has 4 rings (SSSR count). The molecule has 0 atom stereocenters. The van der Waals surface area contributed by atoms with Crippen LogP contribution in [0.15, 0.2) is 42.9 Å². The number of carbonyl (C=O) groups is 1. The van der Waals surface area contributed by atoms with E-state index in [0.29, 0.717) is 35.5 Å². The van der Waals surface area contributed by atoms with Crippen molar-refractivity contribution >= 4 is 35.0 Å². The summed E-state index contributed by atoms with van der Waals surface area (Å²) in [6.45, 7) is 0. The van der Waals surface area contributed by atoms with Crippen molar-refractivity contribution in [3.8, 4) is 11.1 Å². The molecule has 0 aliphatic heterocycles. The molecule has 2 heterocycles. The van der Waals surface area contributed by atoms with Crippen molar-refractivity contribution in [1.29, 1.82) is 0 Å². The Kier molecular flexibility index (Phi) is 6.48. The Morgan fingerprint density at radius 3 is 2.62 bits per heavy atom. The Bertz CT molecular complexity index is 1140. The maximum Gasteiger partial charge on any atom is 0.337 e. The largest absolute Gasteiger partial charge is 0.478 e. The van der Waals surface area contributed by atoms with Crippen LogP contribution >= 0.6 is 11.6 Å². The molecule has 0 unspecified atom stereocenters. The molecule has 8 nitrogen and oxygen atoms in total. The van der Waals surface area contributed by atoms with E-state index in [0.717, 1.165) is 12.8 Å². The maximum absolute atomic E-state index is 13.5. The Hall–Kier alpha value is -3.30. The summed E-state index contributed by atoms with van der Waals surface area (Å²) in [4.78, 5) is 24.3. The van der Waals surface area contributed by atoms with Crippen LogP contribution in [-0.4, -0.2) is 43.3 Å². The summed E-state index contributed by atoms with van der Waals surface area (Å²) >= 11 is 5.85. The highest BCUT2D eigenvalue weighted by Crippen LogP contribution is 2.31. The fraction of sp³-hybridized carbons (Fsp3) is 0.273. The third-order valence-corrected chi connectivity index (χ3v) is 5.59. The first-order chi connectivity index (χ1) is 15.4. The number of rotatable bonds is 6. The number of nitrogens with one attached hydrogen (secondary N) is 2. The minimum atomic E-state index is -1.08. The first-order valence-electron chi connectivity index (χ1n) is 10.1. The Morgan fingerprint density at radius 2 is 1.91 bits per heavy atom. The smallest absolute Gasteiger partial charge is 0.337 e. The predicted molar refractivity (Wildman–Crippen MR) is 119 cm³/mol. The van der Waals surface area contributed by atoms with Gasteiger partial charge in [0.25, 0.3) is 0 Å². The molecule has 0 radical (unpaired) electrons. The molecule has 32 heavy (non-hydrogen) atoms. The number of aromatic carboxylic acids is 1. The Balaban J connectivity index is 1.67. The first-order valence-corrected chi connectivity index (χ1v) is 10.5. The molecule has 0 bridgehead atoms. The molecule has 2 aromatic heterocycles. The zero-order valence-corrected chi connectivity index (χ0v) is 17.7. The number of aromatic nitrogens is 3. The molecule has 1 saturated carbocycles. The monoisotopic (exact) mass is 457 g/mol. The van der Waals surface area contributed by atoms with Crippen LogP contribution < -0.4 is 10.6 Å². The molecule has 1 aromatic carbocycles. The van der Waals surface area contributed by atoms with E-state index in [-0.39, 0.29) is 28.7 Å². The van der Waals surface area contributed by atoms with E-state index in [1.165, 1.54) is 30.5 Å². The lowest BCUT2D eigenvalue weighted by Gasteiger charge is -2.27. The molecule has 0 amide bonds. The van der Waals surface area contributed by atoms with Crippen LogP contribution in [0, 0.1) is 5.82 Å². The summed E-state index contributed by atoms with van der Waals surface area (Å²) in [6, 6.07) is 5.81. The molecule has 1 aliphatic rings. The number of anilines is 3. The van der Waals surface area contributed by atoms with Crippen molar-refractivity contribution in [2.75, 3.05) is 10.6 Å². The van der Waals surface area contributed by atoms with E-state index < -0.39 is 11.8 Å². The van der Waals surface area contributed by atoms with Gasteiger partial charge in [0.05, 0.1) is 16.7 Å². The predicted octanol–water partition coefficient (Wildman–Crippen LogP) is 4.49. The second-order valence-electron chi connectivity index (χ2n) is 7.63. The third kappa shape index (κ3) is 5.12. The van der Waals surface area contributed by atoms with Crippen LogP contribution in [-0.2, 0) is 0 Å². The number of benzene rings is 1. The van der Waals surface area contributed by atoms with Gasteiger partial charge in [-0.3, -0.25) is 4.98 Å². The third-order valence-electron chi connectivity index (χ3n) is 5.30. The lowest BCUT2D eigenvalue weighted by atomic mass is 9.93. The molecule has 4 N–H and O–H groups in total. The second kappa shape index (κ2) is 9.46. The molecule has 0 saturated heterocycles. The molecule has 1 fully saturated rings. The molecule has 166 valence electrons. The van der Waals surface area contributed by atoms with Gasteiger partial charge in [-0.1, -0.05) is 11.6 Å². The number of nitrogens with zero attached hydrogens (tertiary/aromatic N) is 3. The number of hydrogen-bond acceptors (Lipinski definition) is 7. The van der Waals surface area contributed by atoms with Gasteiger partial charge in [-0.05, 0) is 49.9 Å². The standard InChI is InChI=1S/C22H21ClFN5O3/c23-18-8-15(3-6-19(18)24)28-22-26-11-17(12-7-13(21(31)32)10-25-9-12)20(29-22)27-14-1-4-16(30)5-2-14/h3,6-11,14,16,30H,1-2,4-5H2,(H,31,32)(H2,26,27,28,29). The molecule has 0 spiro atoms. The summed E-state index contributed by atoms with van der Waals surface area (Å²) in [5.74, 6) is -0.845. The van der Waals surface area contributed by atoms with Gasteiger partial charge >= 0.3 is 5.97 Å². The summed E-state index contributed by atoms with van der Waals surface area (Å²) < 4.78 is 13.5. The van der Waals surface area contributed by atoms with Crippen molar-refractivity contribution in [2.45, 2.75) is 37.8 Å². The number of hydrogen-bond donors (Lipinski definition) is 4. The fourth-order valence-corrected chi connectivity index (χ4v) is 3.76. The van der Waals surface area contributed by atoms with Crippen LogP contribution in [0.25, 0.3) is 11.1 Å². The number of aliphatic hydroxyl groups excluding tert-OH is 1. The Morgan fingerprint density at radius 1 is 1.12 bits per heavy atom. The van der Waals surface area contributed by atoms with Crippen molar-refractivity contribution < 1.29 is 19.4 Å². The molecular formula is C22H21ClFN5O3. The van der Waals surface area contributed by atoms with Crippen molar-refractivity contribution in [2.24, 2.45) is 0 Å². The number of halogens is 2. The van der Waals surface area contributed by atoms with Gasteiger partial charge in [0.15, 0.2) is 0 Å². The normalized spacial score (nSPS) is 18.2. The van der Waals surface area contributed by atoms with E-state index in [1.807, 2.05) is 0 Å². The van der Waals surface area contributed by atoms with E-state index in [2.05, 4.69) is 25.6 Å². The van der Waals surface area contributed by atoms with Crippen molar-refractivity contribution in [1.82, 2.24) is 15.0 Å². The van der Waals surface area contributed by atoms with Crippen LogP contribution in [0.3, 0.4) is 0 Å². The zero-order chi connectivity index (χ0) is 22.7. The number of carboxylic acid groups (broad SMARTS) is 1. The van der Waals surface area contributed by atoms with Crippen LogP contribution in [0.4, 0.5) is 21.8 Å². The number of pyridine rings is 1. The van der Waals surface area contributed by atoms with Crippen molar-refractivity contribution in [3.63, 3.8) is 0 Å². The lowest BCUT2D eigenvalue weighted by molar-refractivity contribution is 0.0696. The van der Waals surface area contributed by atoms with Gasteiger partial charge in [-0.2, -0.15) is 4.98 Å². The minimum Gasteiger partial charge on any atom is -0.478 e. The lowest BCUT2D eigenvalue weighted by Crippen LogP contribution is -2.28. The van der Waals surface area contributed by atoms with Gasteiger partial charge in [0.1, 0.15) is 11.6 Å². The van der Waals surface area contributed by atoms with Crippen LogP contribution in [0.5, 0.6) is 0 Å². The average Bonchev–Trinajstić information content (AvgIpc) is 2.78. The number of carboxylic acids is 1. The van der Waals surface area contributed by atoms with E-state index in [1.54, 1.807) is 12.4 Å². The maximum atomic E-state index is 13.5. The van der Waals surface area contributed by atoms with Gasteiger partial charge in [-0.15, -0.1) is 0 Å². The SMILES string of the molecule is O=C(O)c1cncc(-c2cnc(Nc3ccc(F)c(Cl)c3)nc2NC2CCC(O)CC2)c1. The topological polar surface area (TPSA) is 120 Å². The molecule has 10 heteroatoms. The van der Waals surface area contributed by atoms with E-state index in [9.17, 15) is 19.4 Å². The van der Waals surface area contributed by atoms with Crippen LogP contribution in [0.2, 0.25) is 5.02 Å². The van der Waals surface area contributed by atoms with E-state index in [4.69, 9.17) is 11.6 Å². The quantitative estimate of drug-likeness (QED) is 0.427. The minimum absolute atomic E-state index is 0.0257. The summed E-state index contributed by atoms with van der Waals surface area (Å²) in [7, 11) is 0. The molecule has 3 aromatic rings. The van der Waals surface area contributed by atoms with Gasteiger partial charge in [-0.25, -0.2) is 14.2 Å². The summed E-state index contributed by atoms with van der Waals surface area (Å²) in [5, 5.41) is 25.5. The summed E-state index contributed by atoms with van der Waals surface area (Å²) in [6.07, 6.45) is 7.02. The van der Waals surface area contributed by atoms with Gasteiger partial charge in [0, 0.05) is 41.4 Å². The van der Waals surface area contributed by atoms with Crippen molar-refractivity contribution in [3.05, 3.63) is 59.3 Å². The first kappa shape index (κ1) is 21.9. The van der Waals surface area contributed by atoms with Crippen LogP contribution in [0.1, 0.15) is 36.0 Å². The Labute approximate surface area is 188 Å². The van der Waals surface area contributed by atoms with Gasteiger partial charge < -0.3 is 20.8 Å².